The minimum Gasteiger partial charge on any atom is -0.211 e. The lowest BCUT2D eigenvalue weighted by Crippen LogP contribution is -1.45. The Bertz CT molecular complexity index is 44.9. The third-order valence-electron chi connectivity index (χ3n) is 0.150. The zero-order valence-corrected chi connectivity index (χ0v) is 3.59. The minimum atomic E-state index is -0.355. The van der Waals surface area contributed by atoms with Crippen LogP contribution in [0.15, 0.2) is 11.4 Å². The molecule has 0 nitrogen and oxygen atoms in total. The minimum absolute atomic E-state index is 0.355. The molecule has 0 amide bonds. The molecule has 30 valence electrons. The number of hydrogen-bond donors (Lipinski definition) is 0. The molecule has 0 spiro atoms. The van der Waals surface area contributed by atoms with Crippen molar-refractivity contribution in [2.45, 2.75) is 6.92 Å². The molecule has 0 fully saturated rings. The van der Waals surface area contributed by atoms with Crippen LogP contribution < -0.4 is 0 Å². The fraction of sp³-hybridized carbons (Fsp3) is 0.333. The van der Waals surface area contributed by atoms with Crippen molar-refractivity contribution in [1.29, 1.82) is 0 Å². The first-order valence-electron chi connectivity index (χ1n) is 1.20. The molecular weight excluding hydrogens is 90.5 g/mol. The van der Waals surface area contributed by atoms with Gasteiger partial charge in [0.25, 0.3) is 0 Å². The number of halogens is 2. The molecule has 0 aliphatic heterocycles. The predicted octanol–water partition coefficient (Wildman–Crippen LogP) is 2.06. The van der Waals surface area contributed by atoms with E-state index in [1.807, 2.05) is 0 Å². The Morgan fingerprint density at radius 3 is 2.20 bits per heavy atom. The van der Waals surface area contributed by atoms with Gasteiger partial charge in [0.2, 0.25) is 0 Å². The molecule has 0 rings (SSSR count). The summed E-state index contributed by atoms with van der Waals surface area (Å²) in [5.74, 6) is -0.355. The van der Waals surface area contributed by atoms with E-state index in [-0.39, 0.29) is 5.83 Å². The van der Waals surface area contributed by atoms with Gasteiger partial charge in [-0.1, -0.05) is 11.6 Å². The summed E-state index contributed by atoms with van der Waals surface area (Å²) in [7, 11) is 0. The van der Waals surface area contributed by atoms with Crippen LogP contribution in [0.3, 0.4) is 0 Å². The monoisotopic (exact) mass is 94.0 g/mol. The second-order valence-corrected chi connectivity index (χ2v) is 0.914. The third kappa shape index (κ3) is 3.96. The first-order valence-corrected chi connectivity index (χ1v) is 1.63. The molecule has 0 aromatic rings. The molecule has 0 saturated carbocycles. The van der Waals surface area contributed by atoms with Crippen molar-refractivity contribution in [3.8, 4) is 0 Å². The van der Waals surface area contributed by atoms with E-state index in [1.54, 1.807) is 0 Å². The van der Waals surface area contributed by atoms with E-state index >= 15 is 0 Å². The maximum absolute atomic E-state index is 11.2. The predicted molar refractivity (Wildman–Crippen MR) is 20.7 cm³/mol. The van der Waals surface area contributed by atoms with Gasteiger partial charge in [-0.15, -0.1) is 0 Å². The molecular formula is C3H4ClF. The zero-order chi connectivity index (χ0) is 4.28. The van der Waals surface area contributed by atoms with E-state index in [0.717, 1.165) is 5.54 Å². The van der Waals surface area contributed by atoms with Crippen molar-refractivity contribution in [1.82, 2.24) is 0 Å². The molecule has 0 radical (unpaired) electrons. The Morgan fingerprint density at radius 2 is 2.20 bits per heavy atom. The summed E-state index contributed by atoms with van der Waals surface area (Å²) in [5, 5.41) is 0. The smallest absolute Gasteiger partial charge is 0.108 e. The Balaban J connectivity index is 3.14. The number of rotatable bonds is 0. The summed E-state index contributed by atoms with van der Waals surface area (Å²) in [6, 6.07) is 0. The van der Waals surface area contributed by atoms with Crippen LogP contribution in [0.2, 0.25) is 0 Å². The van der Waals surface area contributed by atoms with Crippen LogP contribution in [-0.4, -0.2) is 0 Å². The van der Waals surface area contributed by atoms with E-state index in [0.29, 0.717) is 0 Å². The van der Waals surface area contributed by atoms with Gasteiger partial charge < -0.3 is 0 Å². The van der Waals surface area contributed by atoms with Crippen LogP contribution in [0.4, 0.5) is 4.39 Å². The van der Waals surface area contributed by atoms with E-state index in [9.17, 15) is 4.39 Å². The quantitative estimate of drug-likeness (QED) is 0.431. The third-order valence-corrected chi connectivity index (χ3v) is 0.451. The summed E-state index contributed by atoms with van der Waals surface area (Å²) in [5.41, 5.74) is 0.889. The standard InChI is InChI=1S/C3H4ClF/c1-3(5)2-4/h2H,1H3/b3-2+. The summed E-state index contributed by atoms with van der Waals surface area (Å²) in [6.45, 7) is 1.28. The fourth-order valence-electron chi connectivity index (χ4n) is 0. The lowest BCUT2D eigenvalue weighted by molar-refractivity contribution is 0.643. The molecule has 0 N–H and O–H groups in total. The zero-order valence-electron chi connectivity index (χ0n) is 2.83. The molecule has 0 aliphatic rings. The molecule has 0 aliphatic carbocycles. The Morgan fingerprint density at radius 1 is 2.00 bits per heavy atom. The van der Waals surface area contributed by atoms with E-state index in [1.165, 1.54) is 6.92 Å². The summed E-state index contributed by atoms with van der Waals surface area (Å²) < 4.78 is 11.2. The van der Waals surface area contributed by atoms with Crippen molar-refractivity contribution >= 4 is 11.6 Å². The van der Waals surface area contributed by atoms with E-state index in [2.05, 4.69) is 0 Å². The molecule has 0 unspecified atom stereocenters. The molecule has 0 saturated heterocycles. The molecule has 0 atom stereocenters. The molecule has 0 aromatic carbocycles. The van der Waals surface area contributed by atoms with Gasteiger partial charge in [-0.2, -0.15) is 0 Å². The van der Waals surface area contributed by atoms with Crippen molar-refractivity contribution in [3.05, 3.63) is 11.4 Å². The van der Waals surface area contributed by atoms with E-state index < -0.39 is 0 Å². The highest BCUT2D eigenvalue weighted by Crippen LogP contribution is 1.92. The summed E-state index contributed by atoms with van der Waals surface area (Å²) in [4.78, 5) is 0. The van der Waals surface area contributed by atoms with Gasteiger partial charge in [0.15, 0.2) is 0 Å². The van der Waals surface area contributed by atoms with Crippen LogP contribution in [-0.2, 0) is 0 Å². The lowest BCUT2D eigenvalue weighted by Gasteiger charge is -1.66. The molecule has 5 heavy (non-hydrogen) atoms. The van der Waals surface area contributed by atoms with Gasteiger partial charge in [0.1, 0.15) is 5.83 Å². The van der Waals surface area contributed by atoms with Crippen molar-refractivity contribution in [2.24, 2.45) is 0 Å². The van der Waals surface area contributed by atoms with Crippen LogP contribution in [0.25, 0.3) is 0 Å². The van der Waals surface area contributed by atoms with Crippen LogP contribution in [0.5, 0.6) is 0 Å². The Hall–Kier alpha value is -0.0400. The lowest BCUT2D eigenvalue weighted by atomic mass is 10.7. The van der Waals surface area contributed by atoms with Gasteiger partial charge in [-0.3, -0.25) is 0 Å². The highest BCUT2D eigenvalue weighted by atomic mass is 35.5. The Kier molecular flexibility index (Phi) is 2.19. The maximum atomic E-state index is 11.2. The van der Waals surface area contributed by atoms with Crippen LogP contribution in [0, 0.1) is 0 Å². The maximum Gasteiger partial charge on any atom is 0.108 e. The summed E-state index contributed by atoms with van der Waals surface area (Å²) >= 11 is 4.80. The van der Waals surface area contributed by atoms with Crippen molar-refractivity contribution in [3.63, 3.8) is 0 Å². The molecule has 2 heteroatoms. The van der Waals surface area contributed by atoms with Crippen molar-refractivity contribution < 1.29 is 4.39 Å². The van der Waals surface area contributed by atoms with Gasteiger partial charge >= 0.3 is 0 Å². The van der Waals surface area contributed by atoms with Crippen LogP contribution in [0.1, 0.15) is 6.92 Å². The highest BCUT2D eigenvalue weighted by molar-refractivity contribution is 6.25. The average Bonchev–Trinajstić information content (AvgIpc) is 1.38. The first-order chi connectivity index (χ1) is 2.27. The molecule has 0 heterocycles. The molecule has 0 bridgehead atoms. The van der Waals surface area contributed by atoms with Gasteiger partial charge in [-0.05, 0) is 6.92 Å². The fourth-order valence-corrected chi connectivity index (χ4v) is 0. The number of allylic oxidation sites excluding steroid dienone is 1. The van der Waals surface area contributed by atoms with Crippen molar-refractivity contribution in [2.75, 3.05) is 0 Å². The average molecular weight is 94.5 g/mol. The van der Waals surface area contributed by atoms with Gasteiger partial charge in [-0.25, -0.2) is 4.39 Å². The largest absolute Gasteiger partial charge is 0.211 e. The normalized spacial score (nSPS) is 12.2. The topological polar surface area (TPSA) is 0 Å². The highest BCUT2D eigenvalue weighted by Gasteiger charge is 1.69. The van der Waals surface area contributed by atoms with Crippen LogP contribution >= 0.6 is 11.6 Å². The second kappa shape index (κ2) is 2.21. The SMILES string of the molecule is C/C(F)=C\Cl. The summed E-state index contributed by atoms with van der Waals surface area (Å²) in [6.07, 6.45) is 0. The van der Waals surface area contributed by atoms with Gasteiger partial charge in [0.05, 0.1) is 0 Å². The Labute approximate surface area is 35.2 Å². The number of hydrogen-bond acceptors (Lipinski definition) is 0. The van der Waals surface area contributed by atoms with E-state index in [4.69, 9.17) is 11.6 Å². The second-order valence-electron chi connectivity index (χ2n) is 0.696. The molecule has 0 aromatic heterocycles. The van der Waals surface area contributed by atoms with Gasteiger partial charge in [0, 0.05) is 5.54 Å². The first kappa shape index (κ1) is 4.96.